The summed E-state index contributed by atoms with van der Waals surface area (Å²) in [6.07, 6.45) is 3.41. The van der Waals surface area contributed by atoms with Crippen molar-refractivity contribution in [2.24, 2.45) is 0 Å². The van der Waals surface area contributed by atoms with Gasteiger partial charge in [-0.15, -0.1) is 5.10 Å². The van der Waals surface area contributed by atoms with E-state index in [1.54, 1.807) is 28.9 Å². The van der Waals surface area contributed by atoms with Crippen molar-refractivity contribution in [3.05, 3.63) is 30.1 Å². The van der Waals surface area contributed by atoms with Crippen molar-refractivity contribution in [3.63, 3.8) is 0 Å². The van der Waals surface area contributed by atoms with Gasteiger partial charge in [0.05, 0.1) is 6.20 Å². The van der Waals surface area contributed by atoms with Crippen molar-refractivity contribution in [3.8, 4) is 11.5 Å². The van der Waals surface area contributed by atoms with Gasteiger partial charge in [0.25, 0.3) is 0 Å². The first-order valence-electron chi connectivity index (χ1n) is 6.27. The summed E-state index contributed by atoms with van der Waals surface area (Å²) in [6.45, 7) is 0. The van der Waals surface area contributed by atoms with Gasteiger partial charge in [-0.25, -0.2) is 10.1 Å². The fraction of sp³-hybridized carbons (Fsp3) is 0.273. The van der Waals surface area contributed by atoms with E-state index in [0.717, 1.165) is 0 Å². The van der Waals surface area contributed by atoms with Crippen LogP contribution in [0, 0.1) is 0 Å². The number of nitrogens with one attached hydrogen (secondary N) is 1. The maximum Gasteiger partial charge on any atom is 0.354 e. The summed E-state index contributed by atoms with van der Waals surface area (Å²) in [5, 5.41) is 13.5. The fourth-order valence-corrected chi connectivity index (χ4v) is 2.85. The predicted molar refractivity (Wildman–Crippen MR) is 74.9 cm³/mol. The first-order valence-corrected chi connectivity index (χ1v) is 7.95. The molecule has 0 spiro atoms. The lowest BCUT2D eigenvalue weighted by atomic mass is 10.2. The van der Waals surface area contributed by atoms with Crippen LogP contribution in [0.15, 0.2) is 24.5 Å². The molecule has 1 unspecified atom stereocenters. The Bertz CT molecular complexity index is 826. The molecule has 0 fully saturated rings. The van der Waals surface area contributed by atoms with Crippen LogP contribution in [0.3, 0.4) is 0 Å². The van der Waals surface area contributed by atoms with Gasteiger partial charge < -0.3 is 14.5 Å². The number of imidazole rings is 1. The van der Waals surface area contributed by atoms with E-state index in [9.17, 15) is 14.4 Å². The molecule has 0 aromatic carbocycles. The van der Waals surface area contributed by atoms with Gasteiger partial charge in [-0.3, -0.25) is 8.97 Å². The van der Waals surface area contributed by atoms with Crippen LogP contribution in [-0.2, 0) is 15.7 Å². The third kappa shape index (κ3) is 2.77. The standard InChI is InChI=1S/C11H13N6O4P/c1-21-10(22(18,19)20)4-7-2-3-9-12-5-8(17(9)6-7)11-13-15-16-14-11/h2-3,5-6,10H,4H2,1H3,(H2,18,19,20)(H,13,14,15,16). The number of nitrogens with zero attached hydrogens (tertiary/aromatic N) is 5. The van der Waals surface area contributed by atoms with E-state index >= 15 is 0 Å². The Morgan fingerprint density at radius 3 is 2.91 bits per heavy atom. The molecule has 3 rings (SSSR count). The molecule has 3 aromatic rings. The quantitative estimate of drug-likeness (QED) is 0.566. The Kier molecular flexibility index (Phi) is 3.75. The number of H-pyrrole nitrogens is 1. The summed E-state index contributed by atoms with van der Waals surface area (Å²) in [5.41, 5.74) is 2.00. The maximum absolute atomic E-state index is 11.4. The molecule has 0 radical (unpaired) electrons. The summed E-state index contributed by atoms with van der Waals surface area (Å²) >= 11 is 0. The molecular formula is C11H13N6O4P. The first kappa shape index (κ1) is 14.8. The van der Waals surface area contributed by atoms with Crippen LogP contribution in [0.4, 0.5) is 0 Å². The molecule has 0 saturated carbocycles. The molecule has 11 heteroatoms. The van der Waals surface area contributed by atoms with E-state index in [0.29, 0.717) is 22.7 Å². The summed E-state index contributed by atoms with van der Waals surface area (Å²) in [6, 6.07) is 3.49. The molecule has 10 nitrogen and oxygen atoms in total. The Morgan fingerprint density at radius 1 is 1.45 bits per heavy atom. The molecule has 116 valence electrons. The van der Waals surface area contributed by atoms with E-state index in [1.165, 1.54) is 7.11 Å². The highest BCUT2D eigenvalue weighted by atomic mass is 31.2. The zero-order chi connectivity index (χ0) is 15.7. The minimum absolute atomic E-state index is 0.0724. The zero-order valence-corrected chi connectivity index (χ0v) is 12.4. The van der Waals surface area contributed by atoms with E-state index in [4.69, 9.17) is 4.74 Å². The molecule has 0 aliphatic rings. The number of rotatable bonds is 5. The van der Waals surface area contributed by atoms with Crippen LogP contribution in [-0.4, -0.2) is 52.8 Å². The van der Waals surface area contributed by atoms with E-state index in [1.807, 2.05) is 0 Å². The second-order valence-corrected chi connectivity index (χ2v) is 6.40. The summed E-state index contributed by atoms with van der Waals surface area (Å²) in [5.74, 6) is -0.744. The second kappa shape index (κ2) is 5.58. The molecule has 0 aliphatic carbocycles. The highest BCUT2D eigenvalue weighted by Gasteiger charge is 2.28. The van der Waals surface area contributed by atoms with E-state index < -0.39 is 13.4 Å². The van der Waals surface area contributed by atoms with Crippen LogP contribution < -0.4 is 0 Å². The lowest BCUT2D eigenvalue weighted by Gasteiger charge is -2.16. The average molecular weight is 324 g/mol. The first-order chi connectivity index (χ1) is 10.5. The monoisotopic (exact) mass is 324 g/mol. The average Bonchev–Trinajstić information content (AvgIpc) is 3.11. The number of aromatic nitrogens is 6. The highest BCUT2D eigenvalue weighted by molar-refractivity contribution is 7.52. The number of hydrogen-bond acceptors (Lipinski definition) is 6. The van der Waals surface area contributed by atoms with Crippen LogP contribution >= 0.6 is 7.60 Å². The van der Waals surface area contributed by atoms with Gasteiger partial charge >= 0.3 is 7.60 Å². The van der Waals surface area contributed by atoms with Crippen molar-refractivity contribution in [2.75, 3.05) is 7.11 Å². The molecule has 0 saturated heterocycles. The molecule has 0 aliphatic heterocycles. The molecule has 1 atom stereocenters. The molecule has 0 amide bonds. The normalized spacial score (nSPS) is 13.6. The van der Waals surface area contributed by atoms with E-state index in [2.05, 4.69) is 25.6 Å². The number of aromatic amines is 1. The number of fused-ring (bicyclic) bond motifs is 1. The number of tetrazole rings is 1. The Balaban J connectivity index is 1.99. The van der Waals surface area contributed by atoms with Crippen molar-refractivity contribution in [1.82, 2.24) is 30.0 Å². The maximum atomic E-state index is 11.4. The van der Waals surface area contributed by atoms with Crippen molar-refractivity contribution >= 4 is 13.2 Å². The lowest BCUT2D eigenvalue weighted by molar-refractivity contribution is 0.136. The third-order valence-electron chi connectivity index (χ3n) is 3.21. The summed E-state index contributed by atoms with van der Waals surface area (Å²) in [4.78, 5) is 22.7. The van der Waals surface area contributed by atoms with Gasteiger partial charge in [-0.1, -0.05) is 6.07 Å². The zero-order valence-electron chi connectivity index (χ0n) is 11.5. The van der Waals surface area contributed by atoms with Crippen molar-refractivity contribution in [1.29, 1.82) is 0 Å². The van der Waals surface area contributed by atoms with Crippen molar-refractivity contribution in [2.45, 2.75) is 12.3 Å². The van der Waals surface area contributed by atoms with Gasteiger partial charge in [-0.2, -0.15) is 0 Å². The van der Waals surface area contributed by atoms with Gasteiger partial charge in [-0.05, 0) is 22.1 Å². The molecule has 3 N–H and O–H groups in total. The third-order valence-corrected chi connectivity index (χ3v) is 4.36. The molecule has 22 heavy (non-hydrogen) atoms. The molecule has 0 bridgehead atoms. The number of pyridine rings is 1. The van der Waals surface area contributed by atoms with Crippen LogP contribution in [0.1, 0.15) is 5.56 Å². The fourth-order valence-electron chi connectivity index (χ4n) is 2.13. The Labute approximate surface area is 124 Å². The SMILES string of the molecule is COC(Cc1ccc2ncc(-c3nnn[nH]3)n2c1)P(=O)(O)O. The summed E-state index contributed by atoms with van der Waals surface area (Å²) < 4.78 is 18.0. The van der Waals surface area contributed by atoms with Crippen LogP contribution in [0.5, 0.6) is 0 Å². The minimum Gasteiger partial charge on any atom is -0.368 e. The largest absolute Gasteiger partial charge is 0.368 e. The number of hydrogen-bond donors (Lipinski definition) is 3. The molecule has 3 heterocycles. The van der Waals surface area contributed by atoms with E-state index in [-0.39, 0.29) is 6.42 Å². The van der Waals surface area contributed by atoms with Gasteiger partial charge in [0.1, 0.15) is 11.3 Å². The minimum atomic E-state index is -4.33. The van der Waals surface area contributed by atoms with Crippen LogP contribution in [0.25, 0.3) is 17.2 Å². The van der Waals surface area contributed by atoms with Crippen LogP contribution in [0.2, 0.25) is 0 Å². The highest BCUT2D eigenvalue weighted by Crippen LogP contribution is 2.43. The Hall–Kier alpha value is -2.13. The van der Waals surface area contributed by atoms with Gasteiger partial charge in [0.15, 0.2) is 11.7 Å². The predicted octanol–water partition coefficient (Wildman–Crippen LogP) is 0.207. The molecular weight excluding hydrogens is 311 g/mol. The second-order valence-electron chi connectivity index (χ2n) is 4.64. The van der Waals surface area contributed by atoms with Gasteiger partial charge in [0.2, 0.25) is 0 Å². The van der Waals surface area contributed by atoms with Crippen molar-refractivity contribution < 1.29 is 19.1 Å². The number of ether oxygens (including phenoxy) is 1. The lowest BCUT2D eigenvalue weighted by Crippen LogP contribution is -2.14. The summed E-state index contributed by atoms with van der Waals surface area (Å²) in [7, 11) is -3.06. The number of methoxy groups -OCH3 is 1. The van der Waals surface area contributed by atoms with Gasteiger partial charge in [0, 0.05) is 19.7 Å². The Morgan fingerprint density at radius 2 is 2.27 bits per heavy atom. The topological polar surface area (TPSA) is 139 Å². The molecule has 3 aromatic heterocycles. The smallest absolute Gasteiger partial charge is 0.354 e.